The Morgan fingerprint density at radius 3 is 2.73 bits per heavy atom. The smallest absolute Gasteiger partial charge is 0.00671 e. The van der Waals surface area contributed by atoms with Gasteiger partial charge in [-0.3, -0.25) is 0 Å². The van der Waals surface area contributed by atoms with Gasteiger partial charge < -0.3 is 10.6 Å². The number of piperidine rings is 1. The lowest BCUT2D eigenvalue weighted by molar-refractivity contribution is 0.326. The molecule has 2 aliphatic heterocycles. The molecule has 2 aliphatic rings. The average Bonchev–Trinajstić information content (AvgIpc) is 2.56. The van der Waals surface area contributed by atoms with E-state index in [4.69, 9.17) is 0 Å². The second kappa shape index (κ2) is 6.49. The first-order valence-electron chi connectivity index (χ1n) is 6.89. The topological polar surface area (TPSA) is 24.1 Å². The second-order valence-electron chi connectivity index (χ2n) is 5.29. The van der Waals surface area contributed by atoms with Crippen LogP contribution in [0, 0.1) is 5.92 Å². The van der Waals surface area contributed by atoms with E-state index in [1.165, 1.54) is 71.0 Å². The maximum absolute atomic E-state index is 3.70. The summed E-state index contributed by atoms with van der Waals surface area (Å²) < 4.78 is 0. The molecule has 2 rings (SSSR count). The highest BCUT2D eigenvalue weighted by atomic mass is 14.9. The molecule has 2 atom stereocenters. The predicted molar refractivity (Wildman–Crippen MR) is 65.1 cm³/mol. The van der Waals surface area contributed by atoms with Crippen molar-refractivity contribution in [3.05, 3.63) is 0 Å². The van der Waals surface area contributed by atoms with Gasteiger partial charge in [-0.05, 0) is 64.1 Å². The molecule has 2 fully saturated rings. The zero-order valence-corrected chi connectivity index (χ0v) is 9.93. The molecule has 0 aliphatic carbocycles. The molecule has 0 aromatic rings. The fourth-order valence-electron chi connectivity index (χ4n) is 2.95. The van der Waals surface area contributed by atoms with Crippen LogP contribution in [0.4, 0.5) is 0 Å². The number of hydrogen-bond acceptors (Lipinski definition) is 2. The Kier molecular flexibility index (Phi) is 4.94. The van der Waals surface area contributed by atoms with Crippen molar-refractivity contribution in [2.24, 2.45) is 5.92 Å². The van der Waals surface area contributed by atoms with Gasteiger partial charge in [-0.15, -0.1) is 0 Å². The van der Waals surface area contributed by atoms with E-state index < -0.39 is 0 Å². The van der Waals surface area contributed by atoms with Gasteiger partial charge in [-0.25, -0.2) is 0 Å². The highest BCUT2D eigenvalue weighted by molar-refractivity contribution is 4.75. The van der Waals surface area contributed by atoms with Gasteiger partial charge >= 0.3 is 0 Å². The number of rotatable bonds is 3. The van der Waals surface area contributed by atoms with Crippen molar-refractivity contribution in [3.63, 3.8) is 0 Å². The van der Waals surface area contributed by atoms with Crippen molar-refractivity contribution in [1.82, 2.24) is 10.6 Å². The van der Waals surface area contributed by atoms with Crippen LogP contribution in [-0.2, 0) is 0 Å². The van der Waals surface area contributed by atoms with Gasteiger partial charge in [0, 0.05) is 6.04 Å². The van der Waals surface area contributed by atoms with Crippen LogP contribution in [0.15, 0.2) is 0 Å². The molecular formula is C13H26N2. The van der Waals surface area contributed by atoms with E-state index in [9.17, 15) is 0 Å². The second-order valence-corrected chi connectivity index (χ2v) is 5.29. The molecule has 0 bridgehead atoms. The highest BCUT2D eigenvalue weighted by Crippen LogP contribution is 2.19. The predicted octanol–water partition coefficient (Wildman–Crippen LogP) is 2.30. The van der Waals surface area contributed by atoms with Crippen molar-refractivity contribution >= 4 is 0 Å². The normalized spacial score (nSPS) is 33.6. The van der Waals surface area contributed by atoms with E-state index in [1.807, 2.05) is 0 Å². The highest BCUT2D eigenvalue weighted by Gasteiger charge is 2.16. The van der Waals surface area contributed by atoms with E-state index >= 15 is 0 Å². The summed E-state index contributed by atoms with van der Waals surface area (Å²) in [7, 11) is 0. The van der Waals surface area contributed by atoms with Gasteiger partial charge in [-0.1, -0.05) is 12.8 Å². The van der Waals surface area contributed by atoms with Crippen molar-refractivity contribution in [2.75, 3.05) is 19.6 Å². The lowest BCUT2D eigenvalue weighted by Crippen LogP contribution is -2.32. The summed E-state index contributed by atoms with van der Waals surface area (Å²) in [5.41, 5.74) is 0. The molecule has 0 aromatic carbocycles. The average molecular weight is 210 g/mol. The molecule has 15 heavy (non-hydrogen) atoms. The van der Waals surface area contributed by atoms with Crippen molar-refractivity contribution in [3.8, 4) is 0 Å². The summed E-state index contributed by atoms with van der Waals surface area (Å²) in [5.74, 6) is 0.962. The molecule has 2 heteroatoms. The van der Waals surface area contributed by atoms with E-state index in [-0.39, 0.29) is 0 Å². The Hall–Kier alpha value is -0.0800. The molecule has 0 spiro atoms. The lowest BCUT2D eigenvalue weighted by Gasteiger charge is -2.25. The van der Waals surface area contributed by atoms with Crippen molar-refractivity contribution in [2.45, 2.75) is 57.4 Å². The Morgan fingerprint density at radius 2 is 1.87 bits per heavy atom. The van der Waals surface area contributed by atoms with E-state index in [0.717, 1.165) is 12.0 Å². The van der Waals surface area contributed by atoms with Crippen LogP contribution in [0.25, 0.3) is 0 Å². The minimum absolute atomic E-state index is 0.828. The third kappa shape index (κ3) is 4.12. The first-order valence-corrected chi connectivity index (χ1v) is 6.89. The maximum Gasteiger partial charge on any atom is 0.00671 e. The van der Waals surface area contributed by atoms with E-state index in [0.29, 0.717) is 0 Å². The molecule has 0 radical (unpaired) electrons. The zero-order valence-electron chi connectivity index (χ0n) is 9.93. The first-order chi connectivity index (χ1) is 7.45. The van der Waals surface area contributed by atoms with Gasteiger partial charge in [0.1, 0.15) is 0 Å². The van der Waals surface area contributed by atoms with Crippen molar-refractivity contribution < 1.29 is 0 Å². The molecule has 2 unspecified atom stereocenters. The molecule has 88 valence electrons. The van der Waals surface area contributed by atoms with Gasteiger partial charge in [0.05, 0.1) is 0 Å². The third-order valence-electron chi connectivity index (χ3n) is 3.98. The number of nitrogens with one attached hydrogen (secondary N) is 2. The molecular weight excluding hydrogens is 184 g/mol. The summed E-state index contributed by atoms with van der Waals surface area (Å²) in [5, 5.41) is 7.22. The summed E-state index contributed by atoms with van der Waals surface area (Å²) in [4.78, 5) is 0. The van der Waals surface area contributed by atoms with E-state index in [1.54, 1.807) is 0 Å². The summed E-state index contributed by atoms with van der Waals surface area (Å²) in [6.45, 7) is 3.78. The summed E-state index contributed by atoms with van der Waals surface area (Å²) in [6, 6.07) is 0.828. The Labute approximate surface area is 94.2 Å². The Morgan fingerprint density at radius 1 is 0.867 bits per heavy atom. The van der Waals surface area contributed by atoms with Crippen LogP contribution < -0.4 is 10.6 Å². The van der Waals surface area contributed by atoms with Crippen LogP contribution >= 0.6 is 0 Å². The SMILES string of the molecule is C1CCNC(CCC2CCCNC2)CC1. The zero-order chi connectivity index (χ0) is 10.3. The summed E-state index contributed by atoms with van der Waals surface area (Å²) >= 11 is 0. The fourth-order valence-corrected chi connectivity index (χ4v) is 2.95. The first kappa shape index (κ1) is 11.4. The molecule has 0 saturated carbocycles. The maximum atomic E-state index is 3.70. The van der Waals surface area contributed by atoms with Crippen LogP contribution in [0.3, 0.4) is 0 Å². The number of hydrogen-bond donors (Lipinski definition) is 2. The monoisotopic (exact) mass is 210 g/mol. The van der Waals surface area contributed by atoms with Crippen LogP contribution in [-0.4, -0.2) is 25.7 Å². The van der Waals surface area contributed by atoms with E-state index in [2.05, 4.69) is 10.6 Å². The minimum atomic E-state index is 0.828. The standard InChI is InChI=1S/C13H26N2/c1-2-6-13(15-10-3-1)8-7-12-5-4-9-14-11-12/h12-15H,1-11H2. The molecule has 2 N–H and O–H groups in total. The fraction of sp³-hybridized carbons (Fsp3) is 1.00. The molecule has 2 nitrogen and oxygen atoms in total. The molecule has 2 heterocycles. The minimum Gasteiger partial charge on any atom is -0.316 e. The quantitative estimate of drug-likeness (QED) is 0.747. The molecule has 0 aromatic heterocycles. The van der Waals surface area contributed by atoms with Crippen molar-refractivity contribution in [1.29, 1.82) is 0 Å². The summed E-state index contributed by atoms with van der Waals surface area (Å²) in [6.07, 6.45) is 11.4. The largest absolute Gasteiger partial charge is 0.316 e. The molecule has 0 amide bonds. The van der Waals surface area contributed by atoms with Crippen LogP contribution in [0.5, 0.6) is 0 Å². The Bertz CT molecular complexity index is 156. The lowest BCUT2D eigenvalue weighted by atomic mass is 9.92. The van der Waals surface area contributed by atoms with Crippen LogP contribution in [0.1, 0.15) is 51.4 Å². The molecule has 2 saturated heterocycles. The van der Waals surface area contributed by atoms with Gasteiger partial charge in [-0.2, -0.15) is 0 Å². The Balaban J connectivity index is 1.62. The van der Waals surface area contributed by atoms with Gasteiger partial charge in [0.25, 0.3) is 0 Å². The van der Waals surface area contributed by atoms with Crippen LogP contribution in [0.2, 0.25) is 0 Å². The van der Waals surface area contributed by atoms with Gasteiger partial charge in [0.15, 0.2) is 0 Å². The third-order valence-corrected chi connectivity index (χ3v) is 3.98. The van der Waals surface area contributed by atoms with Gasteiger partial charge in [0.2, 0.25) is 0 Å².